The van der Waals surface area contributed by atoms with E-state index >= 15 is 0 Å². The third kappa shape index (κ3) is 3.92. The predicted molar refractivity (Wildman–Crippen MR) is 121 cm³/mol. The molecule has 1 atom stereocenters. The smallest absolute Gasteiger partial charge is 0.253 e. The van der Waals surface area contributed by atoms with Gasteiger partial charge in [0.25, 0.3) is 5.91 Å². The lowest BCUT2D eigenvalue weighted by molar-refractivity contribution is -0.130. The number of hydrogen-bond donors (Lipinski definition) is 0. The molecular formula is C24H21ClN2O2S. The summed E-state index contributed by atoms with van der Waals surface area (Å²) in [5.74, 6) is 1.18. The Morgan fingerprint density at radius 2 is 1.77 bits per heavy atom. The molecule has 0 spiro atoms. The average molecular weight is 437 g/mol. The second kappa shape index (κ2) is 8.32. The van der Waals surface area contributed by atoms with Crippen LogP contribution < -0.4 is 0 Å². The molecular weight excluding hydrogens is 416 g/mol. The van der Waals surface area contributed by atoms with Crippen LogP contribution in [0.25, 0.3) is 0 Å². The van der Waals surface area contributed by atoms with Crippen LogP contribution in [-0.4, -0.2) is 27.6 Å². The fourth-order valence-electron chi connectivity index (χ4n) is 4.15. The molecule has 3 aromatic rings. The van der Waals surface area contributed by atoms with Crippen LogP contribution in [0, 0.1) is 0 Å². The molecule has 1 aliphatic heterocycles. The topological polar surface area (TPSA) is 45.8 Å². The van der Waals surface area contributed by atoms with Gasteiger partial charge in [-0.3, -0.25) is 4.79 Å². The quantitative estimate of drug-likeness (QED) is 0.529. The van der Waals surface area contributed by atoms with Crippen molar-refractivity contribution in [1.82, 2.24) is 5.01 Å². The summed E-state index contributed by atoms with van der Waals surface area (Å²) in [5, 5.41) is 7.43. The third-order valence-electron chi connectivity index (χ3n) is 5.67. The van der Waals surface area contributed by atoms with Gasteiger partial charge in [0.2, 0.25) is 0 Å². The summed E-state index contributed by atoms with van der Waals surface area (Å²) >= 11 is 7.75. The highest BCUT2D eigenvalue weighted by molar-refractivity contribution is 8.00. The number of nitrogens with zero attached hydrogens (tertiary/aromatic N) is 2. The summed E-state index contributed by atoms with van der Waals surface area (Å²) in [5.41, 5.74) is 4.66. The molecule has 1 aromatic heterocycles. The molecule has 2 heterocycles. The summed E-state index contributed by atoms with van der Waals surface area (Å²) < 4.78 is 5.63. The lowest BCUT2D eigenvalue weighted by Crippen LogP contribution is -2.29. The van der Waals surface area contributed by atoms with Crippen LogP contribution in [0.15, 0.2) is 76.4 Å². The van der Waals surface area contributed by atoms with E-state index in [1.54, 1.807) is 23.0 Å². The van der Waals surface area contributed by atoms with E-state index in [9.17, 15) is 4.79 Å². The Hall–Kier alpha value is -2.50. The molecule has 152 valence electrons. The minimum atomic E-state index is -0.209. The van der Waals surface area contributed by atoms with E-state index < -0.39 is 0 Å². The Bertz CT molecular complexity index is 1050. The van der Waals surface area contributed by atoms with E-state index in [1.165, 1.54) is 11.1 Å². The first-order valence-electron chi connectivity index (χ1n) is 10.0. The molecule has 0 bridgehead atoms. The Kier molecular flexibility index (Phi) is 5.40. The van der Waals surface area contributed by atoms with Crippen LogP contribution in [-0.2, 0) is 17.6 Å². The molecule has 2 aromatic carbocycles. The van der Waals surface area contributed by atoms with E-state index in [0.29, 0.717) is 22.4 Å². The Labute approximate surface area is 184 Å². The summed E-state index contributed by atoms with van der Waals surface area (Å²) in [7, 11) is 0. The number of amides is 1. The first-order chi connectivity index (χ1) is 14.7. The molecule has 0 saturated heterocycles. The van der Waals surface area contributed by atoms with Gasteiger partial charge in [0.05, 0.1) is 17.7 Å². The van der Waals surface area contributed by atoms with Crippen molar-refractivity contribution in [3.63, 3.8) is 0 Å². The van der Waals surface area contributed by atoms with E-state index in [-0.39, 0.29) is 11.9 Å². The van der Waals surface area contributed by atoms with Crippen molar-refractivity contribution in [2.45, 2.75) is 30.6 Å². The van der Waals surface area contributed by atoms with Gasteiger partial charge in [-0.25, -0.2) is 5.01 Å². The lowest BCUT2D eigenvalue weighted by atomic mass is 10.0. The highest BCUT2D eigenvalue weighted by atomic mass is 35.5. The molecule has 0 fully saturated rings. The summed E-state index contributed by atoms with van der Waals surface area (Å²) in [6.45, 7) is 0. The van der Waals surface area contributed by atoms with Crippen LogP contribution >= 0.6 is 23.4 Å². The fourth-order valence-corrected chi connectivity index (χ4v) is 5.38. The van der Waals surface area contributed by atoms with E-state index in [1.807, 2.05) is 36.4 Å². The summed E-state index contributed by atoms with van der Waals surface area (Å²) in [6.07, 6.45) is 4.31. The number of fused-ring (bicyclic) bond motifs is 1. The first-order valence-corrected chi connectivity index (χ1v) is 11.5. The van der Waals surface area contributed by atoms with Crippen molar-refractivity contribution in [1.29, 1.82) is 0 Å². The van der Waals surface area contributed by atoms with Gasteiger partial charge in [-0.2, -0.15) is 5.10 Å². The van der Waals surface area contributed by atoms with Crippen molar-refractivity contribution in [3.8, 4) is 0 Å². The molecule has 2 aliphatic rings. The van der Waals surface area contributed by atoms with Gasteiger partial charge in [-0.05, 0) is 53.8 Å². The molecule has 0 saturated carbocycles. The standard InChI is InChI=1S/C24H21ClN2O2S/c25-19-9-7-16(8-10-19)21-14-22(23-6-3-11-29-23)27(26-21)24(28)15-30-20-12-17-4-1-2-5-18(17)13-20/h1-11,20,22H,12-15H2. The van der Waals surface area contributed by atoms with Crippen molar-refractivity contribution >= 4 is 35.0 Å². The Balaban J connectivity index is 1.31. The van der Waals surface area contributed by atoms with Gasteiger partial charge in [0.15, 0.2) is 0 Å². The maximum atomic E-state index is 13.1. The Morgan fingerprint density at radius 3 is 2.43 bits per heavy atom. The Morgan fingerprint density at radius 1 is 1.03 bits per heavy atom. The number of furan rings is 1. The largest absolute Gasteiger partial charge is 0.467 e. The molecule has 6 heteroatoms. The minimum Gasteiger partial charge on any atom is -0.467 e. The zero-order valence-corrected chi connectivity index (χ0v) is 17.9. The van der Waals surface area contributed by atoms with Gasteiger partial charge in [0.1, 0.15) is 11.8 Å². The number of rotatable bonds is 5. The van der Waals surface area contributed by atoms with Crippen LogP contribution in [0.4, 0.5) is 0 Å². The van der Waals surface area contributed by atoms with Gasteiger partial charge in [0, 0.05) is 16.7 Å². The number of hydrazone groups is 1. The number of hydrogen-bond acceptors (Lipinski definition) is 4. The van der Waals surface area contributed by atoms with Gasteiger partial charge in [-0.15, -0.1) is 11.8 Å². The number of benzene rings is 2. The molecule has 1 aliphatic carbocycles. The first kappa shape index (κ1) is 19.5. The van der Waals surface area contributed by atoms with Crippen LogP contribution in [0.5, 0.6) is 0 Å². The summed E-state index contributed by atoms with van der Waals surface area (Å²) in [6, 6.07) is 19.7. The van der Waals surface area contributed by atoms with E-state index in [2.05, 4.69) is 24.3 Å². The van der Waals surface area contributed by atoms with Gasteiger partial charge >= 0.3 is 0 Å². The van der Waals surface area contributed by atoms with Gasteiger partial charge in [-0.1, -0.05) is 48.0 Å². The highest BCUT2D eigenvalue weighted by Gasteiger charge is 2.35. The number of halogens is 1. The molecule has 4 nitrogen and oxygen atoms in total. The minimum absolute atomic E-state index is 0.0151. The maximum Gasteiger partial charge on any atom is 0.253 e. The number of thioether (sulfide) groups is 1. The van der Waals surface area contributed by atoms with Crippen molar-refractivity contribution in [2.24, 2.45) is 5.10 Å². The molecule has 1 unspecified atom stereocenters. The summed E-state index contributed by atoms with van der Waals surface area (Å²) in [4.78, 5) is 13.1. The van der Waals surface area contributed by atoms with Crippen molar-refractivity contribution in [2.75, 3.05) is 5.75 Å². The average Bonchev–Trinajstić information content (AvgIpc) is 3.51. The third-order valence-corrected chi connectivity index (χ3v) is 7.14. The predicted octanol–water partition coefficient (Wildman–Crippen LogP) is 5.51. The van der Waals surface area contributed by atoms with E-state index in [4.69, 9.17) is 21.1 Å². The highest BCUT2D eigenvalue weighted by Crippen LogP contribution is 2.35. The SMILES string of the molecule is O=C(CSC1Cc2ccccc2C1)N1N=C(c2ccc(Cl)cc2)CC1c1ccco1. The van der Waals surface area contributed by atoms with E-state index in [0.717, 1.165) is 29.9 Å². The number of carbonyl (C=O) groups is 1. The van der Waals surface area contributed by atoms with Crippen LogP contribution in [0.2, 0.25) is 5.02 Å². The zero-order chi connectivity index (χ0) is 20.5. The maximum absolute atomic E-state index is 13.1. The fraction of sp³-hybridized carbons (Fsp3) is 0.250. The second-order valence-corrected chi connectivity index (χ2v) is 9.36. The molecule has 0 N–H and O–H groups in total. The monoisotopic (exact) mass is 436 g/mol. The van der Waals surface area contributed by atoms with Crippen molar-refractivity contribution < 1.29 is 9.21 Å². The normalized spacial score (nSPS) is 18.5. The molecule has 0 radical (unpaired) electrons. The molecule has 30 heavy (non-hydrogen) atoms. The van der Waals surface area contributed by atoms with Crippen molar-refractivity contribution in [3.05, 3.63) is 94.4 Å². The van der Waals surface area contributed by atoms with Crippen LogP contribution in [0.1, 0.15) is 34.9 Å². The second-order valence-electron chi connectivity index (χ2n) is 7.64. The van der Waals surface area contributed by atoms with Crippen LogP contribution in [0.3, 0.4) is 0 Å². The van der Waals surface area contributed by atoms with Gasteiger partial charge < -0.3 is 4.42 Å². The number of carbonyl (C=O) groups excluding carboxylic acids is 1. The molecule has 5 rings (SSSR count). The lowest BCUT2D eigenvalue weighted by Gasteiger charge is -2.20. The molecule has 1 amide bonds. The zero-order valence-electron chi connectivity index (χ0n) is 16.3.